The van der Waals surface area contributed by atoms with E-state index in [-0.39, 0.29) is 41.3 Å². The van der Waals surface area contributed by atoms with Crippen LogP contribution in [0, 0.1) is 23.7 Å². The number of Topliss-reactive ketones (excluding diaryl/α,β-unsaturated/α-hetero) is 1. The van der Waals surface area contributed by atoms with Crippen LogP contribution in [0.15, 0.2) is 72.3 Å². The van der Waals surface area contributed by atoms with Gasteiger partial charge in [-0.05, 0) is 49.2 Å². The van der Waals surface area contributed by atoms with E-state index in [9.17, 15) is 14.4 Å². The van der Waals surface area contributed by atoms with E-state index in [2.05, 4.69) is 31.2 Å². The molecule has 4 nitrogen and oxygen atoms in total. The molecule has 2 aromatic carbocycles. The summed E-state index contributed by atoms with van der Waals surface area (Å²) in [5.74, 6) is -1.03. The van der Waals surface area contributed by atoms with Gasteiger partial charge in [-0.25, -0.2) is 4.90 Å². The van der Waals surface area contributed by atoms with Crippen LogP contribution in [-0.4, -0.2) is 17.6 Å². The number of allylic oxidation sites excluding steroid dienone is 4. The van der Waals surface area contributed by atoms with Gasteiger partial charge in [-0.2, -0.15) is 0 Å². The highest BCUT2D eigenvalue weighted by molar-refractivity contribution is 6.23. The van der Waals surface area contributed by atoms with Crippen molar-refractivity contribution in [2.24, 2.45) is 23.7 Å². The van der Waals surface area contributed by atoms with Crippen LogP contribution in [0.2, 0.25) is 0 Å². The summed E-state index contributed by atoms with van der Waals surface area (Å²) < 4.78 is 0. The molecular weight excluding hydrogens is 362 g/mol. The average Bonchev–Trinajstić information content (AvgIpc) is 3.38. The minimum atomic E-state index is -0.335. The summed E-state index contributed by atoms with van der Waals surface area (Å²) in [6.45, 7) is 3.59. The zero-order valence-electron chi connectivity index (χ0n) is 16.3. The van der Waals surface area contributed by atoms with Gasteiger partial charge in [0.15, 0.2) is 5.78 Å². The number of ketones is 1. The third kappa shape index (κ3) is 2.48. The van der Waals surface area contributed by atoms with Crippen LogP contribution in [0.5, 0.6) is 0 Å². The Hall–Kier alpha value is -3.27. The van der Waals surface area contributed by atoms with Crippen molar-refractivity contribution in [2.75, 3.05) is 4.90 Å². The molecule has 2 aromatic rings. The van der Waals surface area contributed by atoms with Gasteiger partial charge in [0.05, 0.1) is 17.5 Å². The van der Waals surface area contributed by atoms with E-state index < -0.39 is 0 Å². The number of carbonyl (C=O) groups is 3. The van der Waals surface area contributed by atoms with E-state index in [1.54, 1.807) is 24.3 Å². The second-order valence-corrected chi connectivity index (χ2v) is 8.05. The number of rotatable bonds is 3. The summed E-state index contributed by atoms with van der Waals surface area (Å²) in [6, 6.07) is 16.9. The van der Waals surface area contributed by atoms with Gasteiger partial charge in [0.25, 0.3) is 0 Å². The van der Waals surface area contributed by atoms with Crippen molar-refractivity contribution in [3.05, 3.63) is 83.4 Å². The van der Waals surface area contributed by atoms with E-state index in [1.807, 2.05) is 18.2 Å². The van der Waals surface area contributed by atoms with Crippen molar-refractivity contribution in [1.82, 2.24) is 0 Å². The SMILES string of the molecule is CC(=O)c1ccc(N2C(=O)[C@@H]3[C@H](C2=O)[C@H]2C=C[C@H]3C2=C(C)c2ccccc2)cc1. The molecule has 1 heterocycles. The minimum absolute atomic E-state index is 0.0249. The fourth-order valence-electron chi connectivity index (χ4n) is 5.22. The third-order valence-corrected chi connectivity index (χ3v) is 6.59. The van der Waals surface area contributed by atoms with Gasteiger partial charge in [0, 0.05) is 17.4 Å². The molecule has 4 atom stereocenters. The Morgan fingerprint density at radius 3 is 1.83 bits per heavy atom. The number of anilines is 1. The molecule has 1 saturated carbocycles. The van der Waals surface area contributed by atoms with Crippen LogP contribution in [0.4, 0.5) is 5.69 Å². The number of hydrogen-bond acceptors (Lipinski definition) is 3. The lowest BCUT2D eigenvalue weighted by atomic mass is 9.85. The molecule has 0 unspecified atom stereocenters. The molecule has 1 saturated heterocycles. The maximum Gasteiger partial charge on any atom is 0.238 e. The van der Waals surface area contributed by atoms with Crippen molar-refractivity contribution in [3.63, 3.8) is 0 Å². The Bertz CT molecular complexity index is 1060. The smallest absolute Gasteiger partial charge is 0.238 e. The fraction of sp³-hybridized carbons (Fsp3) is 0.240. The zero-order chi connectivity index (χ0) is 20.3. The molecule has 2 amide bonds. The van der Waals surface area contributed by atoms with Crippen LogP contribution in [-0.2, 0) is 9.59 Å². The molecule has 3 aliphatic rings. The standard InChI is InChI=1S/C25H21NO3/c1-14(16-6-4-3-5-7-16)21-19-12-13-20(21)23-22(19)24(28)26(25(23)29)18-10-8-17(9-11-18)15(2)27/h3-13,19-20,22-23H,1-2H3/t19-,20-,22-,23+/m0/s1. The van der Waals surface area contributed by atoms with Gasteiger partial charge in [-0.1, -0.05) is 48.1 Å². The van der Waals surface area contributed by atoms with Crippen LogP contribution < -0.4 is 4.90 Å². The van der Waals surface area contributed by atoms with E-state index in [0.717, 1.165) is 11.1 Å². The minimum Gasteiger partial charge on any atom is -0.295 e. The van der Waals surface area contributed by atoms with Gasteiger partial charge in [-0.15, -0.1) is 0 Å². The first-order valence-electron chi connectivity index (χ1n) is 9.92. The summed E-state index contributed by atoms with van der Waals surface area (Å²) >= 11 is 0. The first-order valence-corrected chi connectivity index (χ1v) is 9.92. The number of nitrogens with zero attached hydrogens (tertiary/aromatic N) is 1. The van der Waals surface area contributed by atoms with Gasteiger partial charge < -0.3 is 0 Å². The molecule has 1 aliphatic heterocycles. The second kappa shape index (κ2) is 6.38. The average molecular weight is 383 g/mol. The van der Waals surface area contributed by atoms with E-state index in [1.165, 1.54) is 17.4 Å². The van der Waals surface area contributed by atoms with E-state index >= 15 is 0 Å². The highest BCUT2D eigenvalue weighted by Gasteiger charge is 2.62. The lowest BCUT2D eigenvalue weighted by Crippen LogP contribution is -2.33. The van der Waals surface area contributed by atoms with Gasteiger partial charge in [0.2, 0.25) is 11.8 Å². The highest BCUT2D eigenvalue weighted by atomic mass is 16.2. The molecule has 0 spiro atoms. The van der Waals surface area contributed by atoms with Crippen molar-refractivity contribution in [1.29, 1.82) is 0 Å². The van der Waals surface area contributed by atoms with Crippen LogP contribution >= 0.6 is 0 Å². The van der Waals surface area contributed by atoms with Gasteiger partial charge in [0.1, 0.15) is 0 Å². The molecule has 0 radical (unpaired) electrons. The Morgan fingerprint density at radius 2 is 1.31 bits per heavy atom. The predicted octanol–water partition coefficient (Wildman–Crippen LogP) is 4.28. The van der Waals surface area contributed by atoms with Crippen molar-refractivity contribution < 1.29 is 14.4 Å². The van der Waals surface area contributed by atoms with Crippen molar-refractivity contribution in [2.45, 2.75) is 13.8 Å². The van der Waals surface area contributed by atoms with Crippen LogP contribution in [0.1, 0.15) is 29.8 Å². The molecule has 0 aromatic heterocycles. The number of hydrogen-bond donors (Lipinski definition) is 0. The quantitative estimate of drug-likeness (QED) is 0.451. The zero-order valence-corrected chi connectivity index (χ0v) is 16.3. The summed E-state index contributed by atoms with van der Waals surface area (Å²) in [7, 11) is 0. The molecule has 2 bridgehead atoms. The predicted molar refractivity (Wildman–Crippen MR) is 111 cm³/mol. The Balaban J connectivity index is 1.51. The lowest BCUT2D eigenvalue weighted by Gasteiger charge is -2.20. The third-order valence-electron chi connectivity index (χ3n) is 6.59. The lowest BCUT2D eigenvalue weighted by molar-refractivity contribution is -0.122. The number of amides is 2. The van der Waals surface area contributed by atoms with Gasteiger partial charge in [-0.3, -0.25) is 14.4 Å². The maximum atomic E-state index is 13.3. The first kappa shape index (κ1) is 17.8. The molecule has 2 fully saturated rings. The molecule has 144 valence electrons. The highest BCUT2D eigenvalue weighted by Crippen LogP contribution is 2.58. The second-order valence-electron chi connectivity index (χ2n) is 8.05. The first-order chi connectivity index (χ1) is 14.0. The topological polar surface area (TPSA) is 54.5 Å². The summed E-state index contributed by atoms with van der Waals surface area (Å²) in [5.41, 5.74) is 4.62. The normalized spacial score (nSPS) is 28.8. The Labute approximate surface area is 169 Å². The summed E-state index contributed by atoms with van der Waals surface area (Å²) in [4.78, 5) is 39.4. The largest absolute Gasteiger partial charge is 0.295 e. The van der Waals surface area contributed by atoms with Crippen LogP contribution in [0.25, 0.3) is 5.57 Å². The number of fused-ring (bicyclic) bond motifs is 5. The number of benzene rings is 2. The number of carbonyl (C=O) groups excluding carboxylic acids is 3. The maximum absolute atomic E-state index is 13.3. The summed E-state index contributed by atoms with van der Waals surface area (Å²) in [5, 5.41) is 0. The monoisotopic (exact) mass is 383 g/mol. The van der Waals surface area contributed by atoms with Crippen molar-refractivity contribution >= 4 is 28.9 Å². The number of imide groups is 1. The molecule has 5 rings (SSSR count). The molecule has 29 heavy (non-hydrogen) atoms. The fourth-order valence-corrected chi connectivity index (χ4v) is 5.22. The Morgan fingerprint density at radius 1 is 0.759 bits per heavy atom. The summed E-state index contributed by atoms with van der Waals surface area (Å²) in [6.07, 6.45) is 4.20. The van der Waals surface area contributed by atoms with E-state index in [0.29, 0.717) is 11.3 Å². The Kier molecular flexibility index (Phi) is 3.91. The molecule has 4 heteroatoms. The molecule has 0 N–H and O–H groups in total. The van der Waals surface area contributed by atoms with Gasteiger partial charge >= 0.3 is 0 Å². The molecule has 2 aliphatic carbocycles. The molecular formula is C25H21NO3. The van der Waals surface area contributed by atoms with Crippen LogP contribution in [0.3, 0.4) is 0 Å². The van der Waals surface area contributed by atoms with Crippen molar-refractivity contribution in [3.8, 4) is 0 Å². The van der Waals surface area contributed by atoms with E-state index in [4.69, 9.17) is 0 Å².